The van der Waals surface area contributed by atoms with Gasteiger partial charge in [-0.15, -0.1) is 0 Å². The lowest BCUT2D eigenvalue weighted by Gasteiger charge is -2.36. The van der Waals surface area contributed by atoms with E-state index in [1.165, 1.54) is 57.8 Å². The molecule has 20 heavy (non-hydrogen) atoms. The number of rotatable bonds is 4. The molecule has 2 fully saturated rings. The van der Waals surface area contributed by atoms with Crippen LogP contribution in [0.4, 0.5) is 0 Å². The molecular weight excluding hydrogens is 248 g/mol. The summed E-state index contributed by atoms with van der Waals surface area (Å²) in [5, 5.41) is 3.60. The van der Waals surface area contributed by atoms with Gasteiger partial charge in [-0.1, -0.05) is 39.0 Å². The van der Waals surface area contributed by atoms with Crippen LogP contribution in [0.15, 0.2) is 0 Å². The van der Waals surface area contributed by atoms with Crippen molar-refractivity contribution in [2.75, 3.05) is 7.05 Å². The highest BCUT2D eigenvalue weighted by Crippen LogP contribution is 2.25. The van der Waals surface area contributed by atoms with E-state index in [0.29, 0.717) is 18.0 Å². The first-order valence-corrected chi connectivity index (χ1v) is 8.62. The average molecular weight is 280 g/mol. The molecule has 0 bridgehead atoms. The fraction of sp³-hybridized carbons (Fsp3) is 0.941. The van der Waals surface area contributed by atoms with E-state index in [1.54, 1.807) is 0 Å². The van der Waals surface area contributed by atoms with E-state index in [0.717, 1.165) is 0 Å². The van der Waals surface area contributed by atoms with Crippen LogP contribution in [0.2, 0.25) is 0 Å². The van der Waals surface area contributed by atoms with Gasteiger partial charge in [-0.25, -0.2) is 0 Å². The molecule has 0 saturated heterocycles. The third-order valence-electron chi connectivity index (χ3n) is 5.42. The Balaban J connectivity index is 1.83. The molecule has 1 amide bonds. The lowest BCUT2D eigenvalue weighted by Crippen LogP contribution is -2.52. The van der Waals surface area contributed by atoms with Gasteiger partial charge in [0.05, 0.1) is 6.04 Å². The van der Waals surface area contributed by atoms with Crippen LogP contribution >= 0.6 is 0 Å². The second-order valence-corrected chi connectivity index (χ2v) is 7.00. The molecular formula is C17H32N2O. The predicted molar refractivity (Wildman–Crippen MR) is 83.7 cm³/mol. The minimum atomic E-state index is -0.0347. The number of nitrogens with one attached hydrogen (secondary N) is 1. The Morgan fingerprint density at radius 1 is 1.05 bits per heavy atom. The summed E-state index contributed by atoms with van der Waals surface area (Å²) in [5.41, 5.74) is 0. The molecule has 3 heteroatoms. The lowest BCUT2D eigenvalue weighted by molar-refractivity contribution is -0.134. The maximum Gasteiger partial charge on any atom is 0.239 e. The van der Waals surface area contributed by atoms with E-state index in [2.05, 4.69) is 12.2 Å². The maximum absolute atomic E-state index is 12.6. The number of hydrogen-bond donors (Lipinski definition) is 1. The highest BCUT2D eigenvalue weighted by atomic mass is 16.2. The van der Waals surface area contributed by atoms with Crippen LogP contribution in [0.5, 0.6) is 0 Å². The molecule has 2 aliphatic carbocycles. The molecule has 3 nitrogen and oxygen atoms in total. The van der Waals surface area contributed by atoms with Gasteiger partial charge in [0, 0.05) is 19.1 Å². The highest BCUT2D eigenvalue weighted by Gasteiger charge is 2.29. The quantitative estimate of drug-likeness (QED) is 0.856. The van der Waals surface area contributed by atoms with Crippen LogP contribution in [0, 0.1) is 5.92 Å². The molecule has 0 aliphatic heterocycles. The SMILES string of the molecule is CC(NC1CCCCC1C)C(=O)N(C)C1CCCCC1. The summed E-state index contributed by atoms with van der Waals surface area (Å²) >= 11 is 0. The van der Waals surface area contributed by atoms with Gasteiger partial charge in [-0.05, 0) is 38.5 Å². The first-order chi connectivity index (χ1) is 9.59. The summed E-state index contributed by atoms with van der Waals surface area (Å²) in [6.45, 7) is 4.36. The molecule has 0 aromatic rings. The molecule has 3 unspecified atom stereocenters. The molecule has 0 heterocycles. The maximum atomic E-state index is 12.6. The Kier molecular flexibility index (Phi) is 5.88. The average Bonchev–Trinajstić information content (AvgIpc) is 2.49. The fourth-order valence-corrected chi connectivity index (χ4v) is 3.91. The smallest absolute Gasteiger partial charge is 0.239 e. The van der Waals surface area contributed by atoms with E-state index in [-0.39, 0.29) is 11.9 Å². The van der Waals surface area contributed by atoms with Gasteiger partial charge in [0.1, 0.15) is 0 Å². The van der Waals surface area contributed by atoms with Crippen LogP contribution in [-0.2, 0) is 4.79 Å². The van der Waals surface area contributed by atoms with Gasteiger partial charge in [0.15, 0.2) is 0 Å². The molecule has 2 rings (SSSR count). The summed E-state index contributed by atoms with van der Waals surface area (Å²) in [7, 11) is 2.00. The minimum Gasteiger partial charge on any atom is -0.341 e. The van der Waals surface area contributed by atoms with Crippen LogP contribution in [0.3, 0.4) is 0 Å². The van der Waals surface area contributed by atoms with E-state index in [1.807, 2.05) is 18.9 Å². The molecule has 3 atom stereocenters. The van der Waals surface area contributed by atoms with Crippen molar-refractivity contribution in [1.29, 1.82) is 0 Å². The summed E-state index contributed by atoms with van der Waals surface area (Å²) in [5.74, 6) is 0.994. The Morgan fingerprint density at radius 2 is 1.65 bits per heavy atom. The van der Waals surface area contributed by atoms with Gasteiger partial charge in [-0.2, -0.15) is 0 Å². The zero-order valence-electron chi connectivity index (χ0n) is 13.5. The molecule has 0 aromatic heterocycles. The van der Waals surface area contributed by atoms with E-state index < -0.39 is 0 Å². The number of carbonyl (C=O) groups is 1. The summed E-state index contributed by atoms with van der Waals surface area (Å²) in [6, 6.07) is 0.971. The molecule has 0 radical (unpaired) electrons. The molecule has 2 saturated carbocycles. The first kappa shape index (κ1) is 15.8. The van der Waals surface area contributed by atoms with Crippen molar-refractivity contribution in [3.8, 4) is 0 Å². The number of likely N-dealkylation sites (N-methyl/N-ethyl adjacent to an activating group) is 1. The second kappa shape index (κ2) is 7.44. The zero-order valence-corrected chi connectivity index (χ0v) is 13.5. The summed E-state index contributed by atoms with van der Waals surface area (Å²) < 4.78 is 0. The number of hydrogen-bond acceptors (Lipinski definition) is 2. The van der Waals surface area contributed by atoms with Crippen molar-refractivity contribution >= 4 is 5.91 Å². The predicted octanol–water partition coefficient (Wildman–Crippen LogP) is 3.33. The molecule has 2 aliphatic rings. The monoisotopic (exact) mass is 280 g/mol. The normalized spacial score (nSPS) is 29.9. The van der Waals surface area contributed by atoms with E-state index in [4.69, 9.17) is 0 Å². The fourth-order valence-electron chi connectivity index (χ4n) is 3.91. The highest BCUT2D eigenvalue weighted by molar-refractivity contribution is 5.81. The zero-order chi connectivity index (χ0) is 14.5. The van der Waals surface area contributed by atoms with Crippen molar-refractivity contribution < 1.29 is 4.79 Å². The lowest BCUT2D eigenvalue weighted by atomic mass is 9.85. The van der Waals surface area contributed by atoms with Gasteiger partial charge in [0.25, 0.3) is 0 Å². The van der Waals surface area contributed by atoms with Crippen molar-refractivity contribution in [3.05, 3.63) is 0 Å². The van der Waals surface area contributed by atoms with Gasteiger partial charge in [0.2, 0.25) is 5.91 Å². The van der Waals surface area contributed by atoms with Gasteiger partial charge >= 0.3 is 0 Å². The van der Waals surface area contributed by atoms with Crippen LogP contribution in [0.1, 0.15) is 71.6 Å². The summed E-state index contributed by atoms with van der Waals surface area (Å²) in [6.07, 6.45) is 11.5. The standard InChI is InChI=1S/C17H32N2O/c1-13-9-7-8-12-16(13)18-14(2)17(20)19(3)15-10-5-4-6-11-15/h13-16,18H,4-12H2,1-3H3. The van der Waals surface area contributed by atoms with Gasteiger partial charge in [-0.3, -0.25) is 4.79 Å². The van der Waals surface area contributed by atoms with Crippen LogP contribution in [-0.4, -0.2) is 36.0 Å². The number of carbonyl (C=O) groups excluding carboxylic acids is 1. The van der Waals surface area contributed by atoms with E-state index >= 15 is 0 Å². The Labute approximate surface area is 124 Å². The largest absolute Gasteiger partial charge is 0.341 e. The summed E-state index contributed by atoms with van der Waals surface area (Å²) in [4.78, 5) is 14.6. The molecule has 0 aromatic carbocycles. The third kappa shape index (κ3) is 3.97. The first-order valence-electron chi connectivity index (χ1n) is 8.62. The Morgan fingerprint density at radius 3 is 2.30 bits per heavy atom. The van der Waals surface area contributed by atoms with Crippen molar-refractivity contribution in [3.63, 3.8) is 0 Å². The molecule has 1 N–H and O–H groups in total. The van der Waals surface area contributed by atoms with Gasteiger partial charge < -0.3 is 10.2 Å². The van der Waals surface area contributed by atoms with Crippen LogP contribution in [0.25, 0.3) is 0 Å². The minimum absolute atomic E-state index is 0.0347. The molecule has 116 valence electrons. The number of amides is 1. The van der Waals surface area contributed by atoms with E-state index in [9.17, 15) is 4.79 Å². The second-order valence-electron chi connectivity index (χ2n) is 7.00. The Hall–Kier alpha value is -0.570. The Bertz CT molecular complexity index is 312. The topological polar surface area (TPSA) is 32.3 Å². The molecule has 0 spiro atoms. The van der Waals surface area contributed by atoms with Crippen molar-refractivity contribution in [2.24, 2.45) is 5.92 Å². The third-order valence-corrected chi connectivity index (χ3v) is 5.42. The van der Waals surface area contributed by atoms with Crippen molar-refractivity contribution in [1.82, 2.24) is 10.2 Å². The van der Waals surface area contributed by atoms with Crippen LogP contribution < -0.4 is 5.32 Å². The van der Waals surface area contributed by atoms with Crippen molar-refractivity contribution in [2.45, 2.75) is 89.8 Å². The number of nitrogens with zero attached hydrogens (tertiary/aromatic N) is 1.